The average Bonchev–Trinajstić information content (AvgIpc) is 2.14. The van der Waals surface area contributed by atoms with Gasteiger partial charge in [0.05, 0.1) is 0 Å². The summed E-state index contributed by atoms with van der Waals surface area (Å²) < 4.78 is 0. The summed E-state index contributed by atoms with van der Waals surface area (Å²) in [6.45, 7) is 2.09. The zero-order valence-corrected chi connectivity index (χ0v) is 9.92. The van der Waals surface area contributed by atoms with Crippen LogP contribution in [-0.2, 0) is 5.41 Å². The summed E-state index contributed by atoms with van der Waals surface area (Å²) in [5.74, 6) is -0.409. The lowest BCUT2D eigenvalue weighted by Gasteiger charge is -2.44. The number of amides is 1. The number of nitrogens with two attached hydrogens (primary N) is 2. The number of halogens is 1. The highest BCUT2D eigenvalue weighted by Crippen LogP contribution is 2.44. The van der Waals surface area contributed by atoms with E-state index in [2.05, 4.69) is 6.92 Å². The molecule has 0 aliphatic heterocycles. The van der Waals surface area contributed by atoms with Crippen LogP contribution in [0.2, 0.25) is 5.02 Å². The van der Waals surface area contributed by atoms with Gasteiger partial charge in [-0.05, 0) is 42.0 Å². The third kappa shape index (κ3) is 1.81. The van der Waals surface area contributed by atoms with E-state index in [-0.39, 0.29) is 11.5 Å². The molecule has 0 saturated heterocycles. The molecular formula is C12H15ClN2O. The first-order valence-electron chi connectivity index (χ1n) is 5.28. The van der Waals surface area contributed by atoms with Crippen LogP contribution in [0.4, 0.5) is 0 Å². The monoisotopic (exact) mass is 238 g/mol. The van der Waals surface area contributed by atoms with Gasteiger partial charge in [0.25, 0.3) is 0 Å². The van der Waals surface area contributed by atoms with E-state index in [1.165, 1.54) is 0 Å². The van der Waals surface area contributed by atoms with Crippen molar-refractivity contribution in [2.75, 3.05) is 0 Å². The highest BCUT2D eigenvalue weighted by Gasteiger charge is 2.41. The fourth-order valence-corrected chi connectivity index (χ4v) is 2.72. The Hall–Kier alpha value is -1.06. The first-order valence-corrected chi connectivity index (χ1v) is 5.65. The van der Waals surface area contributed by atoms with Crippen LogP contribution in [0.3, 0.4) is 0 Å². The van der Waals surface area contributed by atoms with E-state index < -0.39 is 5.91 Å². The molecular weight excluding hydrogens is 224 g/mol. The summed E-state index contributed by atoms with van der Waals surface area (Å²) in [5, 5.41) is 0.627. The summed E-state index contributed by atoms with van der Waals surface area (Å²) in [6, 6.07) is 5.42. The van der Waals surface area contributed by atoms with Crippen LogP contribution in [0.15, 0.2) is 18.2 Å². The van der Waals surface area contributed by atoms with Gasteiger partial charge in [-0.15, -0.1) is 0 Å². The molecule has 1 aliphatic rings. The predicted molar refractivity (Wildman–Crippen MR) is 64.5 cm³/mol. The van der Waals surface area contributed by atoms with Crippen molar-refractivity contribution in [3.05, 3.63) is 34.3 Å². The molecule has 86 valence electrons. The molecule has 0 atom stereocenters. The Bertz CT molecular complexity index is 439. The molecule has 16 heavy (non-hydrogen) atoms. The Morgan fingerprint density at radius 2 is 2.12 bits per heavy atom. The van der Waals surface area contributed by atoms with Gasteiger partial charge in [-0.3, -0.25) is 4.79 Å². The van der Waals surface area contributed by atoms with Gasteiger partial charge < -0.3 is 11.5 Å². The smallest absolute Gasteiger partial charge is 0.248 e. The van der Waals surface area contributed by atoms with Crippen LogP contribution < -0.4 is 11.5 Å². The molecule has 0 spiro atoms. The van der Waals surface area contributed by atoms with Crippen molar-refractivity contribution >= 4 is 17.5 Å². The van der Waals surface area contributed by atoms with Gasteiger partial charge in [0.2, 0.25) is 5.91 Å². The van der Waals surface area contributed by atoms with Crippen LogP contribution in [0.25, 0.3) is 0 Å². The SMILES string of the molecule is CC1(c2cc(Cl)ccc2C(N)=O)CC(N)C1. The van der Waals surface area contributed by atoms with Crippen molar-refractivity contribution in [2.45, 2.75) is 31.2 Å². The molecule has 0 bridgehead atoms. The quantitative estimate of drug-likeness (QED) is 0.825. The third-order valence-electron chi connectivity index (χ3n) is 3.32. The van der Waals surface area contributed by atoms with Gasteiger partial charge >= 0.3 is 0 Å². The molecule has 0 radical (unpaired) electrons. The fraction of sp³-hybridized carbons (Fsp3) is 0.417. The molecule has 3 nitrogen and oxygen atoms in total. The maximum absolute atomic E-state index is 11.3. The van der Waals surface area contributed by atoms with Crippen molar-refractivity contribution < 1.29 is 4.79 Å². The van der Waals surface area contributed by atoms with Crippen LogP contribution in [0, 0.1) is 0 Å². The zero-order valence-electron chi connectivity index (χ0n) is 9.16. The molecule has 1 saturated carbocycles. The molecule has 0 aromatic heterocycles. The summed E-state index contributed by atoms with van der Waals surface area (Å²) in [7, 11) is 0. The molecule has 1 amide bonds. The van der Waals surface area contributed by atoms with Crippen LogP contribution >= 0.6 is 11.6 Å². The maximum atomic E-state index is 11.3. The van der Waals surface area contributed by atoms with Gasteiger partial charge in [0, 0.05) is 16.6 Å². The molecule has 2 rings (SSSR count). The molecule has 4 N–H and O–H groups in total. The van der Waals surface area contributed by atoms with Crippen molar-refractivity contribution in [3.8, 4) is 0 Å². The summed E-state index contributed by atoms with van der Waals surface area (Å²) >= 11 is 5.96. The van der Waals surface area contributed by atoms with Crippen molar-refractivity contribution in [1.82, 2.24) is 0 Å². The minimum Gasteiger partial charge on any atom is -0.366 e. The largest absolute Gasteiger partial charge is 0.366 e. The summed E-state index contributed by atoms with van der Waals surface area (Å²) in [6.07, 6.45) is 1.74. The molecule has 1 aromatic carbocycles. The number of primary amides is 1. The van der Waals surface area contributed by atoms with Crippen LogP contribution in [0.1, 0.15) is 35.7 Å². The number of carbonyl (C=O) groups excluding carboxylic acids is 1. The molecule has 0 unspecified atom stereocenters. The number of carbonyl (C=O) groups is 1. The molecule has 1 aromatic rings. The molecule has 0 heterocycles. The van der Waals surface area contributed by atoms with Crippen molar-refractivity contribution in [1.29, 1.82) is 0 Å². The highest BCUT2D eigenvalue weighted by atomic mass is 35.5. The standard InChI is InChI=1S/C12H15ClN2O/c1-12(5-8(14)6-12)10-4-7(13)2-3-9(10)11(15)16/h2-4,8H,5-6,14H2,1H3,(H2,15,16). The fourth-order valence-electron chi connectivity index (χ4n) is 2.55. The topological polar surface area (TPSA) is 69.1 Å². The Labute approximate surface area is 99.8 Å². The zero-order chi connectivity index (χ0) is 11.9. The average molecular weight is 239 g/mol. The van der Waals surface area contributed by atoms with Gasteiger partial charge in [0.15, 0.2) is 0 Å². The van der Waals surface area contributed by atoms with Gasteiger partial charge in [-0.25, -0.2) is 0 Å². The van der Waals surface area contributed by atoms with Gasteiger partial charge in [-0.2, -0.15) is 0 Å². The Kier molecular flexibility index (Phi) is 2.68. The lowest BCUT2D eigenvalue weighted by Crippen LogP contribution is -2.48. The molecule has 4 heteroatoms. The van der Waals surface area contributed by atoms with Crippen molar-refractivity contribution in [3.63, 3.8) is 0 Å². The second kappa shape index (κ2) is 3.75. The minimum atomic E-state index is -0.409. The normalized spacial score (nSPS) is 28.6. The maximum Gasteiger partial charge on any atom is 0.248 e. The Balaban J connectivity index is 2.46. The first kappa shape index (κ1) is 11.4. The van der Waals surface area contributed by atoms with Gasteiger partial charge in [-0.1, -0.05) is 18.5 Å². The first-order chi connectivity index (χ1) is 7.42. The van der Waals surface area contributed by atoms with E-state index in [4.69, 9.17) is 23.1 Å². The lowest BCUT2D eigenvalue weighted by molar-refractivity contribution is 0.0994. The van der Waals surface area contributed by atoms with E-state index in [9.17, 15) is 4.79 Å². The number of benzene rings is 1. The van der Waals surface area contributed by atoms with Gasteiger partial charge in [0.1, 0.15) is 0 Å². The van der Waals surface area contributed by atoms with E-state index in [0.717, 1.165) is 18.4 Å². The Morgan fingerprint density at radius 1 is 1.50 bits per heavy atom. The predicted octanol–water partition coefficient (Wildman–Crippen LogP) is 1.82. The number of hydrogen-bond donors (Lipinski definition) is 2. The minimum absolute atomic E-state index is 0.0608. The molecule has 1 aliphatic carbocycles. The van der Waals surface area contributed by atoms with E-state index in [1.807, 2.05) is 6.07 Å². The van der Waals surface area contributed by atoms with Crippen LogP contribution in [-0.4, -0.2) is 11.9 Å². The second-order valence-electron chi connectivity index (χ2n) is 4.78. The summed E-state index contributed by atoms with van der Waals surface area (Å²) in [5.41, 5.74) is 12.6. The third-order valence-corrected chi connectivity index (χ3v) is 3.56. The van der Waals surface area contributed by atoms with Crippen LogP contribution in [0.5, 0.6) is 0 Å². The number of rotatable bonds is 2. The molecule has 1 fully saturated rings. The van der Waals surface area contributed by atoms with E-state index >= 15 is 0 Å². The van der Waals surface area contributed by atoms with E-state index in [1.54, 1.807) is 12.1 Å². The van der Waals surface area contributed by atoms with Crippen molar-refractivity contribution in [2.24, 2.45) is 11.5 Å². The summed E-state index contributed by atoms with van der Waals surface area (Å²) in [4.78, 5) is 11.3. The lowest BCUT2D eigenvalue weighted by atomic mass is 9.62. The second-order valence-corrected chi connectivity index (χ2v) is 5.22. The Morgan fingerprint density at radius 3 is 2.62 bits per heavy atom. The van der Waals surface area contributed by atoms with E-state index in [0.29, 0.717) is 10.6 Å². The highest BCUT2D eigenvalue weighted by molar-refractivity contribution is 6.30. The number of hydrogen-bond acceptors (Lipinski definition) is 2.